The van der Waals surface area contributed by atoms with Crippen LogP contribution in [0.15, 0.2) is 36.0 Å². The lowest BCUT2D eigenvalue weighted by Gasteiger charge is -2.34. The van der Waals surface area contributed by atoms with Crippen LogP contribution in [0.25, 0.3) is 20.8 Å². The van der Waals surface area contributed by atoms with E-state index >= 15 is 0 Å². The number of alkyl halides is 3. The van der Waals surface area contributed by atoms with Gasteiger partial charge in [0, 0.05) is 54.4 Å². The largest absolute Gasteiger partial charge is 0.417 e. The number of nitrogens with one attached hydrogen (secondary N) is 1. The number of aliphatic hydroxyl groups excluding tert-OH is 1. The zero-order valence-electron chi connectivity index (χ0n) is 19.9. The average molecular weight is 564 g/mol. The molecule has 9 nitrogen and oxygen atoms in total. The van der Waals surface area contributed by atoms with Crippen LogP contribution in [-0.2, 0) is 6.18 Å². The van der Waals surface area contributed by atoms with Crippen LogP contribution < -0.4 is 21.7 Å². The predicted molar refractivity (Wildman–Crippen MR) is 141 cm³/mol. The average Bonchev–Trinajstić information content (AvgIpc) is 3.55. The van der Waals surface area contributed by atoms with Crippen molar-refractivity contribution in [2.75, 3.05) is 30.3 Å². The lowest BCUT2D eigenvalue weighted by molar-refractivity contribution is -0.136. The van der Waals surface area contributed by atoms with Crippen molar-refractivity contribution in [3.63, 3.8) is 0 Å². The summed E-state index contributed by atoms with van der Waals surface area (Å²) < 4.78 is 41.6. The standard InChI is InChI=1S/C24H24F3N7O2S2/c25-24(26,27)14-9-17(33-23-18(14)19(28)20(38-23)21(29)36)34-6-3-13(4-7-34)31-11-16(35)15-2-1-12(10-32-15)22-30-5-8-37-22/h1-2,5,8-10,13,16,31,35H,3-4,6-7,11,28H2,(H2,29,36). The molecule has 0 aromatic carbocycles. The molecular weight excluding hydrogens is 539 g/mol. The fourth-order valence-electron chi connectivity index (χ4n) is 4.47. The van der Waals surface area contributed by atoms with Gasteiger partial charge in [0.1, 0.15) is 26.6 Å². The highest BCUT2D eigenvalue weighted by molar-refractivity contribution is 7.21. The molecule has 5 rings (SSSR count). The van der Waals surface area contributed by atoms with Gasteiger partial charge in [0.2, 0.25) is 0 Å². The van der Waals surface area contributed by atoms with Crippen molar-refractivity contribution in [2.24, 2.45) is 5.73 Å². The number of aromatic nitrogens is 3. The predicted octanol–water partition coefficient (Wildman–Crippen LogP) is 3.81. The number of nitrogens with two attached hydrogens (primary N) is 2. The number of thiazole rings is 1. The zero-order valence-corrected chi connectivity index (χ0v) is 21.5. The Morgan fingerprint density at radius 2 is 2.03 bits per heavy atom. The number of carbonyl (C=O) groups excluding carboxylic acids is 1. The highest BCUT2D eigenvalue weighted by Gasteiger charge is 2.37. The number of pyridine rings is 2. The highest BCUT2D eigenvalue weighted by Crippen LogP contribution is 2.43. The molecule has 4 aromatic heterocycles. The topological polar surface area (TPSA) is 143 Å². The Morgan fingerprint density at radius 3 is 2.63 bits per heavy atom. The molecule has 0 radical (unpaired) electrons. The van der Waals surface area contributed by atoms with Crippen LogP contribution in [0.2, 0.25) is 0 Å². The Labute approximate surface area is 223 Å². The SMILES string of the molecule is NC(=O)c1sc2nc(N3CCC(NCC(O)c4ccc(-c5nccs5)cn4)CC3)cc(C(F)(F)F)c2c1N. The molecule has 200 valence electrons. The summed E-state index contributed by atoms with van der Waals surface area (Å²) in [5.74, 6) is -0.718. The maximum Gasteiger partial charge on any atom is 0.417 e. The number of nitrogen functional groups attached to an aromatic ring is 1. The molecule has 5 heterocycles. The molecule has 6 N–H and O–H groups in total. The number of fused-ring (bicyclic) bond motifs is 1. The van der Waals surface area contributed by atoms with Gasteiger partial charge in [-0.3, -0.25) is 9.78 Å². The maximum absolute atomic E-state index is 13.9. The second-order valence-electron chi connectivity index (χ2n) is 8.91. The van der Waals surface area contributed by atoms with Crippen LogP contribution in [0.4, 0.5) is 24.7 Å². The monoisotopic (exact) mass is 563 g/mol. The van der Waals surface area contributed by atoms with Crippen molar-refractivity contribution in [3.05, 3.63) is 52.1 Å². The number of aliphatic hydroxyl groups is 1. The van der Waals surface area contributed by atoms with Crippen LogP contribution >= 0.6 is 22.7 Å². The van der Waals surface area contributed by atoms with Gasteiger partial charge in [-0.05, 0) is 31.0 Å². The number of anilines is 2. The molecule has 1 unspecified atom stereocenters. The molecule has 1 atom stereocenters. The van der Waals surface area contributed by atoms with Crippen LogP contribution in [0, 0.1) is 0 Å². The van der Waals surface area contributed by atoms with Crippen molar-refractivity contribution in [1.29, 1.82) is 0 Å². The van der Waals surface area contributed by atoms with Crippen LogP contribution in [-0.4, -0.2) is 51.6 Å². The molecule has 0 saturated carbocycles. The van der Waals surface area contributed by atoms with Gasteiger partial charge in [0.25, 0.3) is 5.91 Å². The molecule has 0 spiro atoms. The van der Waals surface area contributed by atoms with Gasteiger partial charge in [-0.1, -0.05) is 0 Å². The van der Waals surface area contributed by atoms with Crippen LogP contribution in [0.3, 0.4) is 0 Å². The van der Waals surface area contributed by atoms with E-state index in [4.69, 9.17) is 11.5 Å². The number of piperidine rings is 1. The highest BCUT2D eigenvalue weighted by atomic mass is 32.1. The Kier molecular flexibility index (Phi) is 7.22. The van der Waals surface area contributed by atoms with E-state index in [-0.39, 0.29) is 32.6 Å². The smallest absolute Gasteiger partial charge is 0.397 e. The molecule has 14 heteroatoms. The first-order valence-electron chi connectivity index (χ1n) is 11.7. The zero-order chi connectivity index (χ0) is 27.0. The van der Waals surface area contributed by atoms with E-state index in [9.17, 15) is 23.1 Å². The van der Waals surface area contributed by atoms with Gasteiger partial charge in [-0.25, -0.2) is 9.97 Å². The number of carbonyl (C=O) groups is 1. The van der Waals surface area contributed by atoms with E-state index in [1.165, 1.54) is 11.3 Å². The minimum absolute atomic E-state index is 0.0258. The molecule has 0 aliphatic carbocycles. The normalized spacial score (nSPS) is 15.7. The summed E-state index contributed by atoms with van der Waals surface area (Å²) in [5.41, 5.74) is 11.3. The van der Waals surface area contributed by atoms with Crippen molar-refractivity contribution < 1.29 is 23.1 Å². The Morgan fingerprint density at radius 1 is 1.26 bits per heavy atom. The second kappa shape index (κ2) is 10.4. The van der Waals surface area contributed by atoms with Crippen molar-refractivity contribution >= 4 is 50.3 Å². The molecule has 4 aromatic rings. The minimum atomic E-state index is -4.68. The first-order valence-corrected chi connectivity index (χ1v) is 13.4. The number of hydrogen-bond donors (Lipinski definition) is 4. The number of amides is 1. The fraction of sp³-hybridized carbons (Fsp3) is 0.333. The number of primary amides is 1. The molecule has 1 saturated heterocycles. The quantitative estimate of drug-likeness (QED) is 0.266. The second-order valence-corrected chi connectivity index (χ2v) is 10.8. The van der Waals surface area contributed by atoms with Gasteiger partial charge < -0.3 is 26.8 Å². The number of hydrogen-bond acceptors (Lipinski definition) is 10. The molecule has 38 heavy (non-hydrogen) atoms. The van der Waals surface area contributed by atoms with E-state index in [1.54, 1.807) is 23.4 Å². The van der Waals surface area contributed by atoms with E-state index in [0.717, 1.165) is 28.0 Å². The Bertz CT molecular complexity index is 1430. The van der Waals surface area contributed by atoms with Gasteiger partial charge >= 0.3 is 6.18 Å². The third-order valence-electron chi connectivity index (χ3n) is 6.44. The summed E-state index contributed by atoms with van der Waals surface area (Å²) >= 11 is 2.27. The Hall–Kier alpha value is -3.33. The van der Waals surface area contributed by atoms with Gasteiger partial charge in [-0.2, -0.15) is 13.2 Å². The van der Waals surface area contributed by atoms with E-state index in [0.29, 0.717) is 38.2 Å². The first kappa shape index (κ1) is 26.3. The minimum Gasteiger partial charge on any atom is -0.397 e. The molecule has 1 amide bonds. The summed E-state index contributed by atoms with van der Waals surface area (Å²) in [7, 11) is 0. The van der Waals surface area contributed by atoms with Crippen molar-refractivity contribution in [1.82, 2.24) is 20.3 Å². The summed E-state index contributed by atoms with van der Waals surface area (Å²) in [6.45, 7) is 1.22. The van der Waals surface area contributed by atoms with Gasteiger partial charge in [-0.15, -0.1) is 22.7 Å². The number of rotatable bonds is 7. The molecule has 0 bridgehead atoms. The van der Waals surface area contributed by atoms with Gasteiger partial charge in [0.05, 0.1) is 16.9 Å². The lowest BCUT2D eigenvalue weighted by atomic mass is 10.0. The maximum atomic E-state index is 13.9. The number of thiophene rings is 1. The summed E-state index contributed by atoms with van der Waals surface area (Å²) in [6, 6.07) is 4.69. The molecule has 1 fully saturated rings. The first-order chi connectivity index (χ1) is 18.1. The van der Waals surface area contributed by atoms with Crippen molar-refractivity contribution in [2.45, 2.75) is 31.2 Å². The van der Waals surface area contributed by atoms with E-state index < -0.39 is 23.8 Å². The van der Waals surface area contributed by atoms with E-state index in [2.05, 4.69) is 20.3 Å². The summed E-state index contributed by atoms with van der Waals surface area (Å²) in [4.78, 5) is 26.3. The third kappa shape index (κ3) is 5.29. The molecular formula is C24H24F3N7O2S2. The third-order valence-corrected chi connectivity index (χ3v) is 8.38. The number of halogens is 3. The number of nitrogens with zero attached hydrogens (tertiary/aromatic N) is 4. The van der Waals surface area contributed by atoms with E-state index in [1.807, 2.05) is 11.4 Å². The van der Waals surface area contributed by atoms with Crippen molar-refractivity contribution in [3.8, 4) is 10.6 Å². The van der Waals surface area contributed by atoms with Crippen LogP contribution in [0.1, 0.15) is 39.9 Å². The van der Waals surface area contributed by atoms with Gasteiger partial charge in [0.15, 0.2) is 0 Å². The molecule has 1 aliphatic rings. The fourth-order valence-corrected chi connectivity index (χ4v) is 6.06. The summed E-state index contributed by atoms with van der Waals surface area (Å²) in [5, 5.41) is 16.3. The summed E-state index contributed by atoms with van der Waals surface area (Å²) in [6.07, 6.45) is -0.794. The molecule has 1 aliphatic heterocycles. The Balaban J connectivity index is 1.23. The lowest BCUT2D eigenvalue weighted by Crippen LogP contribution is -2.44. The van der Waals surface area contributed by atoms with Crippen LogP contribution in [0.5, 0.6) is 0 Å².